The molecule has 1 aliphatic heterocycles. The van der Waals surface area contributed by atoms with Crippen molar-refractivity contribution in [3.8, 4) is 0 Å². The number of amides is 4. The van der Waals surface area contributed by atoms with E-state index >= 15 is 0 Å². The lowest BCUT2D eigenvalue weighted by Crippen LogP contribution is -2.47. The Labute approximate surface area is 211 Å². The van der Waals surface area contributed by atoms with Gasteiger partial charge in [-0.15, -0.1) is 0 Å². The van der Waals surface area contributed by atoms with Crippen LogP contribution in [0.15, 0.2) is 30.3 Å². The maximum atomic E-state index is 13.6. The topological polar surface area (TPSA) is 95.9 Å². The molecule has 0 radical (unpaired) electrons. The molecule has 1 aliphatic carbocycles. The van der Waals surface area contributed by atoms with E-state index in [0.717, 1.165) is 22.2 Å². The van der Waals surface area contributed by atoms with E-state index < -0.39 is 53.8 Å². The van der Waals surface area contributed by atoms with Gasteiger partial charge in [-0.25, -0.2) is 24.5 Å². The molecule has 0 N–H and O–H groups in total. The molecule has 2 aromatic heterocycles. The Morgan fingerprint density at radius 1 is 1.14 bits per heavy atom. The monoisotopic (exact) mass is 517 g/mol. The maximum absolute atomic E-state index is 13.6. The Morgan fingerprint density at radius 2 is 1.84 bits per heavy atom. The number of imide groups is 1. The largest absolute Gasteiger partial charge is 0.443 e. The molecule has 4 amide bonds. The van der Waals surface area contributed by atoms with E-state index in [4.69, 9.17) is 4.74 Å². The molecule has 0 saturated carbocycles. The van der Waals surface area contributed by atoms with Crippen molar-refractivity contribution < 1.29 is 32.3 Å². The highest BCUT2D eigenvalue weighted by Gasteiger charge is 2.48. The molecule has 0 spiro atoms. The van der Waals surface area contributed by atoms with Crippen LogP contribution in [0.25, 0.3) is 6.08 Å². The molecule has 1 fully saturated rings. The lowest BCUT2D eigenvalue weighted by atomic mass is 10.2. The molecular formula is C25H26F3N5O4. The predicted octanol–water partition coefficient (Wildman–Crippen LogP) is 4.58. The number of aromatic nitrogens is 2. The summed E-state index contributed by atoms with van der Waals surface area (Å²) < 4.78 is 45.9. The van der Waals surface area contributed by atoms with Crippen LogP contribution in [0.2, 0.25) is 0 Å². The number of nitrogens with zero attached hydrogens (tertiary/aromatic N) is 5. The van der Waals surface area contributed by atoms with Gasteiger partial charge in [-0.1, -0.05) is 12.2 Å². The van der Waals surface area contributed by atoms with Crippen LogP contribution in [0.5, 0.6) is 0 Å². The fourth-order valence-electron chi connectivity index (χ4n) is 4.09. The summed E-state index contributed by atoms with van der Waals surface area (Å²) in [5.41, 5.74) is -0.315. The Kier molecular flexibility index (Phi) is 6.47. The van der Waals surface area contributed by atoms with E-state index in [1.165, 1.54) is 18.9 Å². The minimum absolute atomic E-state index is 0.0133. The van der Waals surface area contributed by atoms with Crippen LogP contribution in [0.3, 0.4) is 0 Å². The number of carbonyl (C=O) groups excluding carboxylic acids is 3. The van der Waals surface area contributed by atoms with Gasteiger partial charge >= 0.3 is 18.3 Å². The van der Waals surface area contributed by atoms with Crippen LogP contribution < -0.4 is 9.80 Å². The SMILES string of the molecule is Cc1cc(C(F)(F)F)cc(N2C(=O)N(C(=O)OC(C)(C)C)C[C@H]2C(=O)N(C)c2ccc3c(n2)CC=C3)n1. The van der Waals surface area contributed by atoms with Crippen molar-refractivity contribution in [1.82, 2.24) is 14.9 Å². The second-order valence-corrected chi connectivity index (χ2v) is 9.82. The quantitative estimate of drug-likeness (QED) is 0.592. The van der Waals surface area contributed by atoms with Crippen LogP contribution >= 0.6 is 0 Å². The van der Waals surface area contributed by atoms with Gasteiger partial charge < -0.3 is 4.74 Å². The summed E-state index contributed by atoms with van der Waals surface area (Å²) in [5, 5.41) is 0. The number of urea groups is 1. The summed E-state index contributed by atoms with van der Waals surface area (Å²) in [7, 11) is 1.45. The standard InChI is InChI=1S/C25H26F3N5O4/c1-14-11-16(25(26,27)28)12-20(29-14)33-18(13-32(22(33)35)23(36)37-24(2,3)4)21(34)31(5)19-10-9-15-7-6-8-17(15)30-19/h6-7,9-12,18H,8,13H2,1-5H3/t18-/m0/s1. The number of fused-ring (bicyclic) bond motifs is 1. The molecule has 0 bridgehead atoms. The van der Waals surface area contributed by atoms with Crippen LogP contribution in [0, 0.1) is 6.92 Å². The van der Waals surface area contributed by atoms with Gasteiger partial charge in [0.1, 0.15) is 23.3 Å². The van der Waals surface area contributed by atoms with Crippen molar-refractivity contribution in [1.29, 1.82) is 0 Å². The van der Waals surface area contributed by atoms with Crippen LogP contribution in [0.1, 0.15) is 43.3 Å². The third-order valence-corrected chi connectivity index (χ3v) is 5.79. The van der Waals surface area contributed by atoms with Gasteiger partial charge in [-0.05, 0) is 57.5 Å². The first kappa shape index (κ1) is 26.1. The van der Waals surface area contributed by atoms with Crippen molar-refractivity contribution in [2.24, 2.45) is 0 Å². The number of rotatable bonds is 3. The average Bonchev–Trinajstić information content (AvgIpc) is 3.39. The number of aryl methyl sites for hydroxylation is 1. The highest BCUT2D eigenvalue weighted by atomic mass is 19.4. The van der Waals surface area contributed by atoms with E-state index in [1.807, 2.05) is 12.2 Å². The average molecular weight is 518 g/mol. The molecule has 196 valence electrons. The number of hydrogen-bond donors (Lipinski definition) is 0. The van der Waals surface area contributed by atoms with Gasteiger partial charge in [0, 0.05) is 19.2 Å². The van der Waals surface area contributed by atoms with Gasteiger partial charge in [-0.3, -0.25) is 14.6 Å². The molecular weight excluding hydrogens is 491 g/mol. The number of likely N-dealkylation sites (N-methyl/N-ethyl adjacent to an activating group) is 1. The normalized spacial score (nSPS) is 17.3. The number of pyridine rings is 2. The van der Waals surface area contributed by atoms with Gasteiger partial charge in [0.25, 0.3) is 5.91 Å². The first-order chi connectivity index (χ1) is 17.2. The summed E-state index contributed by atoms with van der Waals surface area (Å²) in [4.78, 5) is 51.1. The zero-order valence-corrected chi connectivity index (χ0v) is 21.0. The number of hydrogen-bond acceptors (Lipinski definition) is 6. The maximum Gasteiger partial charge on any atom is 0.418 e. The lowest BCUT2D eigenvalue weighted by molar-refractivity contribution is -0.137. The van der Waals surface area contributed by atoms with E-state index in [-0.39, 0.29) is 5.69 Å². The molecule has 37 heavy (non-hydrogen) atoms. The smallest absolute Gasteiger partial charge is 0.418 e. The number of alkyl halides is 3. The van der Waals surface area contributed by atoms with E-state index in [1.54, 1.807) is 32.9 Å². The van der Waals surface area contributed by atoms with E-state index in [0.29, 0.717) is 23.2 Å². The Morgan fingerprint density at radius 3 is 2.49 bits per heavy atom. The minimum atomic E-state index is -4.71. The molecule has 3 heterocycles. The van der Waals surface area contributed by atoms with Gasteiger partial charge in [0.2, 0.25) is 0 Å². The second kappa shape index (κ2) is 9.16. The molecule has 1 saturated heterocycles. The molecule has 2 aromatic rings. The number of allylic oxidation sites excluding steroid dienone is 1. The number of anilines is 2. The summed E-state index contributed by atoms with van der Waals surface area (Å²) in [5.74, 6) is -0.764. The van der Waals surface area contributed by atoms with E-state index in [9.17, 15) is 27.6 Å². The van der Waals surface area contributed by atoms with Crippen molar-refractivity contribution in [3.05, 3.63) is 52.9 Å². The van der Waals surface area contributed by atoms with Gasteiger partial charge in [0.15, 0.2) is 0 Å². The molecule has 12 heteroatoms. The first-order valence-electron chi connectivity index (χ1n) is 11.5. The fraction of sp³-hybridized carbons (Fsp3) is 0.400. The number of carbonyl (C=O) groups is 3. The second-order valence-electron chi connectivity index (χ2n) is 9.82. The first-order valence-corrected chi connectivity index (χ1v) is 11.5. The number of halogens is 3. The van der Waals surface area contributed by atoms with Crippen LogP contribution in [-0.4, -0.2) is 58.1 Å². The number of ether oxygens (including phenoxy) is 1. The summed E-state index contributed by atoms with van der Waals surface area (Å²) >= 11 is 0. The molecule has 4 rings (SSSR count). The molecule has 0 unspecified atom stereocenters. The van der Waals surface area contributed by atoms with Gasteiger partial charge in [0.05, 0.1) is 17.8 Å². The van der Waals surface area contributed by atoms with Crippen molar-refractivity contribution in [3.63, 3.8) is 0 Å². The van der Waals surface area contributed by atoms with E-state index in [2.05, 4.69) is 9.97 Å². The zero-order valence-electron chi connectivity index (χ0n) is 21.0. The third kappa shape index (κ3) is 5.27. The Balaban J connectivity index is 1.73. The van der Waals surface area contributed by atoms with Crippen LogP contribution in [0.4, 0.5) is 34.4 Å². The highest BCUT2D eigenvalue weighted by Crippen LogP contribution is 2.34. The van der Waals surface area contributed by atoms with Crippen molar-refractivity contribution >= 4 is 35.7 Å². The minimum Gasteiger partial charge on any atom is -0.443 e. The molecule has 1 atom stereocenters. The summed E-state index contributed by atoms with van der Waals surface area (Å²) in [6, 6.07) is 2.57. The zero-order chi connectivity index (χ0) is 27.3. The molecule has 2 aliphatic rings. The molecule has 0 aromatic carbocycles. The summed E-state index contributed by atoms with van der Waals surface area (Å²) in [6.45, 7) is 5.71. The van der Waals surface area contributed by atoms with Gasteiger partial charge in [-0.2, -0.15) is 13.2 Å². The third-order valence-electron chi connectivity index (χ3n) is 5.79. The van der Waals surface area contributed by atoms with Crippen LogP contribution in [-0.2, 0) is 22.1 Å². The highest BCUT2D eigenvalue weighted by molar-refractivity contribution is 6.11. The van der Waals surface area contributed by atoms with Crippen molar-refractivity contribution in [2.45, 2.75) is 51.9 Å². The van der Waals surface area contributed by atoms with Crippen molar-refractivity contribution in [2.75, 3.05) is 23.4 Å². The lowest BCUT2D eigenvalue weighted by Gasteiger charge is -2.26. The predicted molar refractivity (Wildman–Crippen MR) is 129 cm³/mol. The fourth-order valence-corrected chi connectivity index (χ4v) is 4.09. The Bertz CT molecular complexity index is 1300. The molecule has 9 nitrogen and oxygen atoms in total. The summed E-state index contributed by atoms with van der Waals surface area (Å²) in [6.07, 6.45) is -1.30. The Hall–Kier alpha value is -3.96.